The summed E-state index contributed by atoms with van der Waals surface area (Å²) in [4.78, 5) is 38.0. The number of rotatable bonds is 14. The van der Waals surface area contributed by atoms with Crippen LogP contribution in [0.15, 0.2) is 52.2 Å². The summed E-state index contributed by atoms with van der Waals surface area (Å²) in [5, 5.41) is 12.6. The van der Waals surface area contributed by atoms with E-state index < -0.39 is 62.5 Å². The highest BCUT2D eigenvalue weighted by Gasteiger charge is 2.44. The zero-order valence-corrected chi connectivity index (χ0v) is 23.1. The van der Waals surface area contributed by atoms with Crippen LogP contribution in [-0.2, 0) is 23.4 Å². The molecule has 0 spiro atoms. The van der Waals surface area contributed by atoms with Crippen molar-refractivity contribution in [1.29, 1.82) is 0 Å². The van der Waals surface area contributed by atoms with Gasteiger partial charge >= 0.3 is 19.4 Å². The smallest absolute Gasteiger partial charge is 0.459 e. The molecule has 15 heteroatoms. The molecule has 0 saturated heterocycles. The molecule has 12 nitrogen and oxygen atoms in total. The third kappa shape index (κ3) is 8.80. The first kappa shape index (κ1) is 31.6. The molecule has 1 aromatic heterocycles. The van der Waals surface area contributed by atoms with E-state index in [-0.39, 0.29) is 11.9 Å². The van der Waals surface area contributed by atoms with Crippen molar-refractivity contribution in [3.63, 3.8) is 0 Å². The third-order valence-corrected chi connectivity index (χ3v) is 7.81. The maximum atomic E-state index is 15.9. The molecule has 1 aliphatic rings. The summed E-state index contributed by atoms with van der Waals surface area (Å²) in [6.07, 6.45) is 0.985. The average molecular weight is 590 g/mol. The van der Waals surface area contributed by atoms with Crippen LogP contribution in [0.5, 0.6) is 5.75 Å². The number of benzene rings is 1. The number of nitrogens with zero attached hydrogens (tertiary/aromatic N) is 1. The molecule has 0 aliphatic heterocycles. The van der Waals surface area contributed by atoms with Gasteiger partial charge in [-0.2, -0.15) is 5.09 Å². The number of halogens is 2. The minimum absolute atomic E-state index is 0.0510. The van der Waals surface area contributed by atoms with E-state index in [1.807, 2.05) is 4.98 Å². The van der Waals surface area contributed by atoms with Crippen molar-refractivity contribution in [3.05, 3.63) is 63.4 Å². The van der Waals surface area contributed by atoms with E-state index in [1.165, 1.54) is 19.1 Å². The quantitative estimate of drug-likeness (QED) is 0.221. The normalized spacial score (nSPS) is 19.5. The van der Waals surface area contributed by atoms with E-state index >= 15 is 4.39 Å². The molecule has 3 rings (SSSR count). The molecule has 1 fully saturated rings. The Labute approximate surface area is 229 Å². The van der Waals surface area contributed by atoms with Gasteiger partial charge in [0.1, 0.15) is 37.3 Å². The molecule has 0 amide bonds. The van der Waals surface area contributed by atoms with Crippen LogP contribution in [-0.4, -0.2) is 58.0 Å². The number of aliphatic hydroxyl groups is 1. The molecule has 2 aromatic rings. The Hall–Kier alpha value is -2.90. The molecule has 1 aliphatic carbocycles. The minimum Gasteiger partial charge on any atom is -0.461 e. The number of aromatic amines is 1. The van der Waals surface area contributed by atoms with Gasteiger partial charge in [-0.25, -0.2) is 18.1 Å². The number of hydrogen-bond donors (Lipinski definition) is 3. The Balaban J connectivity index is 1.79. The lowest BCUT2D eigenvalue weighted by Gasteiger charge is -2.33. The summed E-state index contributed by atoms with van der Waals surface area (Å²) in [6.45, 7) is -0.383. The lowest BCUT2D eigenvalue weighted by atomic mass is 9.98. The van der Waals surface area contributed by atoms with Crippen LogP contribution < -0.4 is 20.9 Å². The Morgan fingerprint density at radius 3 is 2.48 bits per heavy atom. The Kier molecular flexibility index (Phi) is 11.2. The van der Waals surface area contributed by atoms with Gasteiger partial charge in [0.2, 0.25) is 0 Å². The van der Waals surface area contributed by atoms with Crippen LogP contribution in [0.1, 0.15) is 52.2 Å². The molecule has 0 radical (unpaired) electrons. The third-order valence-electron chi connectivity index (χ3n) is 6.19. The highest BCUT2D eigenvalue weighted by atomic mass is 31.2. The Morgan fingerprint density at radius 1 is 1.20 bits per heavy atom. The van der Waals surface area contributed by atoms with E-state index in [2.05, 4.69) is 5.09 Å². The monoisotopic (exact) mass is 589 g/mol. The fraction of sp³-hybridized carbons (Fsp3) is 0.560. The maximum absolute atomic E-state index is 15.9. The topological polar surface area (TPSA) is 158 Å². The molecular weight excluding hydrogens is 555 g/mol. The van der Waals surface area contributed by atoms with Crippen molar-refractivity contribution >= 4 is 13.7 Å². The molecule has 222 valence electrons. The zero-order chi connectivity index (χ0) is 29.3. The summed E-state index contributed by atoms with van der Waals surface area (Å²) in [7, 11) is -4.57. The maximum Gasteiger partial charge on any atom is 0.459 e. The molecule has 40 heavy (non-hydrogen) atoms. The van der Waals surface area contributed by atoms with E-state index in [4.69, 9.17) is 18.5 Å². The van der Waals surface area contributed by atoms with Gasteiger partial charge in [-0.15, -0.1) is 0 Å². The van der Waals surface area contributed by atoms with Crippen LogP contribution in [0.4, 0.5) is 8.78 Å². The van der Waals surface area contributed by atoms with Crippen molar-refractivity contribution in [3.8, 4) is 5.75 Å². The fourth-order valence-corrected chi connectivity index (χ4v) is 5.42. The van der Waals surface area contributed by atoms with Gasteiger partial charge in [-0.1, -0.05) is 24.6 Å². The fourth-order valence-electron chi connectivity index (χ4n) is 3.92. The largest absolute Gasteiger partial charge is 0.461 e. The first-order valence-corrected chi connectivity index (χ1v) is 14.4. The SMILES string of the molecule is CC(NP(=O)(OC[C@@](F)(O[C@H](CF)n1ccc(=O)[nH]c1=O)[C@H](C)O)Oc1ccccc1)C(=O)OC1CCCCC1. The number of para-hydroxylation sites is 1. The van der Waals surface area contributed by atoms with E-state index in [1.54, 1.807) is 18.2 Å². The zero-order valence-electron chi connectivity index (χ0n) is 22.2. The number of esters is 1. The van der Waals surface area contributed by atoms with E-state index in [0.29, 0.717) is 17.4 Å². The predicted molar refractivity (Wildman–Crippen MR) is 139 cm³/mol. The lowest BCUT2D eigenvalue weighted by molar-refractivity contribution is -0.260. The van der Waals surface area contributed by atoms with E-state index in [0.717, 1.165) is 38.4 Å². The Morgan fingerprint density at radius 2 is 1.88 bits per heavy atom. The van der Waals surface area contributed by atoms with Crippen molar-refractivity contribution in [2.75, 3.05) is 13.3 Å². The first-order chi connectivity index (χ1) is 18.9. The number of alkyl halides is 2. The summed E-state index contributed by atoms with van der Waals surface area (Å²) in [5.41, 5.74) is -1.86. The molecule has 0 bridgehead atoms. The van der Waals surface area contributed by atoms with Gasteiger partial charge in [0.05, 0.1) is 0 Å². The second kappa shape index (κ2) is 14.1. The van der Waals surface area contributed by atoms with Crippen LogP contribution >= 0.6 is 7.75 Å². The number of hydrogen-bond acceptors (Lipinski definition) is 9. The molecule has 1 heterocycles. The number of aliphatic hydroxyl groups excluding tert-OH is 1. The highest BCUT2D eigenvalue weighted by molar-refractivity contribution is 7.52. The lowest BCUT2D eigenvalue weighted by Crippen LogP contribution is -2.47. The number of carbonyl (C=O) groups is 1. The number of nitrogens with one attached hydrogen (secondary N) is 2. The molecule has 5 atom stereocenters. The average Bonchev–Trinajstić information content (AvgIpc) is 2.92. The van der Waals surface area contributed by atoms with Gasteiger partial charge in [0, 0.05) is 12.3 Å². The van der Waals surface area contributed by atoms with Crippen molar-refractivity contribution in [2.45, 2.75) is 76.3 Å². The van der Waals surface area contributed by atoms with Gasteiger partial charge in [-0.05, 0) is 51.7 Å². The van der Waals surface area contributed by atoms with Crippen LogP contribution in [0.3, 0.4) is 0 Å². The second-order valence-corrected chi connectivity index (χ2v) is 11.1. The number of carbonyl (C=O) groups excluding carboxylic acids is 1. The first-order valence-electron chi connectivity index (χ1n) is 12.8. The summed E-state index contributed by atoms with van der Waals surface area (Å²) in [6, 6.07) is 7.39. The van der Waals surface area contributed by atoms with Gasteiger partial charge in [-0.3, -0.25) is 23.7 Å². The van der Waals surface area contributed by atoms with Crippen molar-refractivity contribution < 1.29 is 41.8 Å². The van der Waals surface area contributed by atoms with E-state index in [9.17, 15) is 28.4 Å². The molecular formula is C25H34F2N3O9P. The van der Waals surface area contributed by atoms with Crippen molar-refractivity contribution in [1.82, 2.24) is 14.6 Å². The van der Waals surface area contributed by atoms with Crippen LogP contribution in [0.25, 0.3) is 0 Å². The van der Waals surface area contributed by atoms with Gasteiger partial charge < -0.3 is 19.1 Å². The number of aromatic nitrogens is 2. The molecule has 1 saturated carbocycles. The number of ether oxygens (including phenoxy) is 2. The summed E-state index contributed by atoms with van der Waals surface area (Å²) < 4.78 is 65.4. The van der Waals surface area contributed by atoms with Gasteiger partial charge in [0.15, 0.2) is 6.23 Å². The van der Waals surface area contributed by atoms with Crippen molar-refractivity contribution in [2.24, 2.45) is 0 Å². The summed E-state index contributed by atoms with van der Waals surface area (Å²) >= 11 is 0. The van der Waals surface area contributed by atoms with Crippen LogP contribution in [0.2, 0.25) is 0 Å². The van der Waals surface area contributed by atoms with Crippen LogP contribution in [0, 0.1) is 0 Å². The second-order valence-electron chi connectivity index (χ2n) is 9.43. The minimum atomic E-state index is -4.57. The standard InChI is InChI=1S/C25H34F2N3O9P/c1-17(23(33)37-19-9-5-3-6-10-19)29-40(35,39-20-11-7-4-8-12-20)36-16-25(27,18(2)31)38-22(15-26)30-14-13-21(32)28-24(30)34/h4,7-8,11-14,17-19,22,31H,3,5-6,9-10,15-16H2,1-2H3,(H,29,35)(H,28,32,34)/t17?,18-,22+,25+,40?/m0/s1. The highest BCUT2D eigenvalue weighted by Crippen LogP contribution is 2.46. The summed E-state index contributed by atoms with van der Waals surface area (Å²) in [5.74, 6) is -3.90. The Bertz CT molecular complexity index is 1270. The molecule has 1 aromatic carbocycles. The predicted octanol–water partition coefficient (Wildman–Crippen LogP) is 3.13. The van der Waals surface area contributed by atoms with Gasteiger partial charge in [0.25, 0.3) is 11.4 Å². The molecule has 3 N–H and O–H groups in total. The number of H-pyrrole nitrogens is 1. The molecule has 2 unspecified atom stereocenters.